The number of methoxy groups -OCH3 is 1. The Morgan fingerprint density at radius 3 is 2.77 bits per heavy atom. The van der Waals surface area contributed by atoms with Gasteiger partial charge in [0.1, 0.15) is 5.75 Å². The van der Waals surface area contributed by atoms with Crippen LogP contribution in [0.25, 0.3) is 11.1 Å². The maximum Gasteiger partial charge on any atom is 0.415 e. The lowest BCUT2D eigenvalue weighted by Gasteiger charge is -2.30. The molecule has 2 aromatic carbocycles. The number of amides is 1. The van der Waals surface area contributed by atoms with Gasteiger partial charge in [-0.25, -0.2) is 9.59 Å². The largest absolute Gasteiger partial charge is 0.467 e. The molecule has 2 aliphatic rings. The van der Waals surface area contributed by atoms with Gasteiger partial charge in [-0.3, -0.25) is 0 Å². The van der Waals surface area contributed by atoms with Gasteiger partial charge in [0.05, 0.1) is 20.3 Å². The third-order valence-corrected chi connectivity index (χ3v) is 4.79. The number of nitrogens with zero attached hydrogens (tertiary/aromatic N) is 1. The molecular formula is C20H19NO5. The number of fused-ring (bicyclic) bond motifs is 3. The minimum atomic E-state index is -0.771. The zero-order valence-corrected chi connectivity index (χ0v) is 14.4. The van der Waals surface area contributed by atoms with Crippen molar-refractivity contribution >= 4 is 12.1 Å². The van der Waals surface area contributed by atoms with Gasteiger partial charge in [-0.05, 0) is 22.8 Å². The summed E-state index contributed by atoms with van der Waals surface area (Å²) < 4.78 is 15.7. The van der Waals surface area contributed by atoms with E-state index in [-0.39, 0.29) is 13.2 Å². The molecule has 6 nitrogen and oxygen atoms in total. The first-order valence-corrected chi connectivity index (χ1v) is 8.53. The van der Waals surface area contributed by atoms with Gasteiger partial charge in [-0.1, -0.05) is 36.4 Å². The van der Waals surface area contributed by atoms with E-state index in [1.54, 1.807) is 6.07 Å². The molecule has 1 atom stereocenters. The summed E-state index contributed by atoms with van der Waals surface area (Å²) in [5.74, 6) is 0.0726. The van der Waals surface area contributed by atoms with Crippen molar-refractivity contribution in [1.29, 1.82) is 0 Å². The van der Waals surface area contributed by atoms with Crippen LogP contribution in [-0.4, -0.2) is 49.9 Å². The molecule has 0 spiro atoms. The Bertz CT molecular complexity index is 863. The van der Waals surface area contributed by atoms with Crippen LogP contribution in [0.15, 0.2) is 42.5 Å². The Morgan fingerprint density at radius 2 is 1.92 bits per heavy atom. The first-order chi connectivity index (χ1) is 12.7. The van der Waals surface area contributed by atoms with Crippen LogP contribution >= 0.6 is 0 Å². The van der Waals surface area contributed by atoms with Crippen LogP contribution < -0.4 is 4.74 Å². The SMILES string of the molecule is COC(=O)C1CN(C(=O)Oc2cccc3c2Cc2ccccc2-3)CCO1. The van der Waals surface area contributed by atoms with Crippen molar-refractivity contribution in [3.8, 4) is 16.9 Å². The molecule has 1 saturated heterocycles. The number of carbonyl (C=O) groups is 2. The third kappa shape index (κ3) is 2.93. The molecule has 6 heteroatoms. The second kappa shape index (κ2) is 6.80. The molecule has 1 aliphatic carbocycles. The van der Waals surface area contributed by atoms with E-state index >= 15 is 0 Å². The second-order valence-corrected chi connectivity index (χ2v) is 6.31. The normalized spacial score (nSPS) is 18.0. The minimum absolute atomic E-state index is 0.126. The van der Waals surface area contributed by atoms with Gasteiger partial charge in [0.25, 0.3) is 0 Å². The van der Waals surface area contributed by atoms with Gasteiger partial charge in [-0.2, -0.15) is 0 Å². The van der Waals surface area contributed by atoms with Crippen LogP contribution in [0.2, 0.25) is 0 Å². The summed E-state index contributed by atoms with van der Waals surface area (Å²) in [6.45, 7) is 0.773. The maximum atomic E-state index is 12.6. The molecule has 0 aromatic heterocycles. The van der Waals surface area contributed by atoms with Crippen LogP contribution in [0.4, 0.5) is 4.79 Å². The topological polar surface area (TPSA) is 65.1 Å². The van der Waals surface area contributed by atoms with Crippen LogP contribution in [0.1, 0.15) is 11.1 Å². The fraction of sp³-hybridized carbons (Fsp3) is 0.300. The van der Waals surface area contributed by atoms with E-state index in [4.69, 9.17) is 9.47 Å². The van der Waals surface area contributed by atoms with Gasteiger partial charge < -0.3 is 19.1 Å². The van der Waals surface area contributed by atoms with E-state index in [2.05, 4.69) is 16.9 Å². The average molecular weight is 353 g/mol. The number of esters is 1. The fourth-order valence-electron chi connectivity index (χ4n) is 3.47. The van der Waals surface area contributed by atoms with E-state index < -0.39 is 18.2 Å². The summed E-state index contributed by atoms with van der Waals surface area (Å²) >= 11 is 0. The maximum absolute atomic E-state index is 12.6. The summed E-state index contributed by atoms with van der Waals surface area (Å²) in [5.41, 5.74) is 4.51. The third-order valence-electron chi connectivity index (χ3n) is 4.79. The number of hydrogen-bond donors (Lipinski definition) is 0. The number of hydrogen-bond acceptors (Lipinski definition) is 5. The van der Waals surface area contributed by atoms with Crippen molar-refractivity contribution in [3.05, 3.63) is 53.6 Å². The monoisotopic (exact) mass is 353 g/mol. The predicted octanol–water partition coefficient (Wildman–Crippen LogP) is 2.63. The van der Waals surface area contributed by atoms with E-state index in [0.29, 0.717) is 12.3 Å². The van der Waals surface area contributed by atoms with Crippen molar-refractivity contribution in [2.75, 3.05) is 26.8 Å². The average Bonchev–Trinajstić information content (AvgIpc) is 3.07. The number of rotatable bonds is 2. The molecule has 0 radical (unpaired) electrons. The summed E-state index contributed by atoms with van der Waals surface area (Å²) in [6, 6.07) is 13.9. The molecule has 1 amide bonds. The zero-order valence-electron chi connectivity index (χ0n) is 14.4. The molecule has 1 aliphatic heterocycles. The molecular weight excluding hydrogens is 334 g/mol. The highest BCUT2D eigenvalue weighted by Gasteiger charge is 2.31. The number of carbonyl (C=O) groups excluding carboxylic acids is 2. The lowest BCUT2D eigenvalue weighted by molar-refractivity contribution is -0.158. The molecule has 0 N–H and O–H groups in total. The van der Waals surface area contributed by atoms with E-state index in [1.807, 2.05) is 24.3 Å². The smallest absolute Gasteiger partial charge is 0.415 e. The van der Waals surface area contributed by atoms with Crippen molar-refractivity contribution in [1.82, 2.24) is 4.90 Å². The minimum Gasteiger partial charge on any atom is -0.467 e. The summed E-state index contributed by atoms with van der Waals surface area (Å²) in [4.78, 5) is 25.7. The molecule has 1 unspecified atom stereocenters. The van der Waals surface area contributed by atoms with E-state index in [0.717, 1.165) is 17.5 Å². The lowest BCUT2D eigenvalue weighted by Crippen LogP contribution is -2.49. The Hall–Kier alpha value is -2.86. The standard InChI is InChI=1S/C20H19NO5/c1-24-19(22)18-12-21(9-10-25-18)20(23)26-17-8-4-7-15-14-6-3-2-5-13(14)11-16(15)17/h2-8,18H,9-12H2,1H3. The van der Waals surface area contributed by atoms with Crippen LogP contribution in [0.5, 0.6) is 5.75 Å². The van der Waals surface area contributed by atoms with Crippen LogP contribution in [0.3, 0.4) is 0 Å². The van der Waals surface area contributed by atoms with Gasteiger partial charge in [0.15, 0.2) is 6.10 Å². The van der Waals surface area contributed by atoms with Crippen molar-refractivity contribution in [2.24, 2.45) is 0 Å². The fourth-order valence-corrected chi connectivity index (χ4v) is 3.47. The van der Waals surface area contributed by atoms with Crippen molar-refractivity contribution < 1.29 is 23.8 Å². The van der Waals surface area contributed by atoms with Crippen molar-refractivity contribution in [2.45, 2.75) is 12.5 Å². The number of ether oxygens (including phenoxy) is 3. The van der Waals surface area contributed by atoms with Gasteiger partial charge in [0.2, 0.25) is 0 Å². The van der Waals surface area contributed by atoms with Gasteiger partial charge in [0, 0.05) is 18.5 Å². The first-order valence-electron chi connectivity index (χ1n) is 8.53. The Kier molecular flexibility index (Phi) is 4.34. The van der Waals surface area contributed by atoms with E-state index in [9.17, 15) is 9.59 Å². The summed E-state index contributed by atoms with van der Waals surface area (Å²) in [5, 5.41) is 0. The van der Waals surface area contributed by atoms with Crippen LogP contribution in [0, 0.1) is 0 Å². The Balaban J connectivity index is 1.52. The number of benzene rings is 2. The molecule has 4 rings (SSSR count). The molecule has 0 saturated carbocycles. The first kappa shape index (κ1) is 16.6. The highest BCUT2D eigenvalue weighted by atomic mass is 16.6. The lowest BCUT2D eigenvalue weighted by atomic mass is 10.1. The highest BCUT2D eigenvalue weighted by Crippen LogP contribution is 2.41. The molecule has 134 valence electrons. The van der Waals surface area contributed by atoms with E-state index in [1.165, 1.54) is 23.1 Å². The van der Waals surface area contributed by atoms with Crippen molar-refractivity contribution in [3.63, 3.8) is 0 Å². The highest BCUT2D eigenvalue weighted by molar-refractivity contribution is 5.81. The molecule has 1 fully saturated rings. The van der Waals surface area contributed by atoms with Crippen LogP contribution in [-0.2, 0) is 20.7 Å². The quantitative estimate of drug-likeness (QED) is 0.663. The number of morpholine rings is 1. The molecule has 2 aromatic rings. The Morgan fingerprint density at radius 1 is 1.12 bits per heavy atom. The molecule has 0 bridgehead atoms. The predicted molar refractivity (Wildman–Crippen MR) is 94.0 cm³/mol. The zero-order chi connectivity index (χ0) is 18.1. The summed E-state index contributed by atoms with van der Waals surface area (Å²) in [7, 11) is 1.30. The molecule has 1 heterocycles. The van der Waals surface area contributed by atoms with Gasteiger partial charge in [-0.15, -0.1) is 0 Å². The second-order valence-electron chi connectivity index (χ2n) is 6.31. The summed E-state index contributed by atoms with van der Waals surface area (Å²) in [6.07, 6.45) is -0.512. The molecule has 26 heavy (non-hydrogen) atoms. The Labute approximate surface area is 151 Å². The van der Waals surface area contributed by atoms with Gasteiger partial charge >= 0.3 is 12.1 Å².